The molecule has 0 aliphatic carbocycles. The average Bonchev–Trinajstić information content (AvgIpc) is 3.46. The van der Waals surface area contributed by atoms with Crippen molar-refractivity contribution in [3.05, 3.63) is 47.7 Å². The van der Waals surface area contributed by atoms with Crippen molar-refractivity contribution < 1.29 is 19.2 Å². The SMILES string of the molecule is CCC(CCC(=O)O)n1ncc2cc(-c3noc(-c4ccc(OC(C)C)c(C#N)c4)n3)c(C)cc21. The highest BCUT2D eigenvalue weighted by molar-refractivity contribution is 5.85. The molecule has 2 heterocycles. The molecule has 0 aliphatic heterocycles. The summed E-state index contributed by atoms with van der Waals surface area (Å²) in [4.78, 5) is 15.6. The first kappa shape index (κ1) is 24.0. The third kappa shape index (κ3) is 5.01. The van der Waals surface area contributed by atoms with Crippen LogP contribution in [0.5, 0.6) is 5.75 Å². The first-order valence-corrected chi connectivity index (χ1v) is 11.6. The Labute approximate surface area is 202 Å². The van der Waals surface area contributed by atoms with E-state index >= 15 is 0 Å². The van der Waals surface area contributed by atoms with Crippen LogP contribution in [-0.4, -0.2) is 37.1 Å². The number of hydrogen-bond acceptors (Lipinski definition) is 7. The lowest BCUT2D eigenvalue weighted by Crippen LogP contribution is -2.11. The number of carboxylic acid groups (broad SMARTS) is 1. The number of benzene rings is 2. The average molecular weight is 474 g/mol. The lowest BCUT2D eigenvalue weighted by atomic mass is 10.0. The minimum absolute atomic E-state index is 0.00241. The fourth-order valence-electron chi connectivity index (χ4n) is 4.08. The number of ether oxygens (including phenoxy) is 1. The lowest BCUT2D eigenvalue weighted by molar-refractivity contribution is -0.137. The van der Waals surface area contributed by atoms with Gasteiger partial charge < -0.3 is 14.4 Å². The fourth-order valence-corrected chi connectivity index (χ4v) is 4.08. The molecule has 0 radical (unpaired) electrons. The summed E-state index contributed by atoms with van der Waals surface area (Å²) in [5.41, 5.74) is 3.72. The van der Waals surface area contributed by atoms with Gasteiger partial charge in [-0.25, -0.2) is 0 Å². The van der Waals surface area contributed by atoms with Crippen molar-refractivity contribution in [2.24, 2.45) is 0 Å². The Kier molecular flexibility index (Phi) is 6.82. The maximum atomic E-state index is 11.0. The predicted molar refractivity (Wildman–Crippen MR) is 130 cm³/mol. The van der Waals surface area contributed by atoms with Crippen LogP contribution in [0.4, 0.5) is 0 Å². The van der Waals surface area contributed by atoms with Crippen molar-refractivity contribution in [1.82, 2.24) is 19.9 Å². The predicted octanol–water partition coefficient (Wildman–Crippen LogP) is 5.54. The van der Waals surface area contributed by atoms with Gasteiger partial charge in [0.1, 0.15) is 11.8 Å². The van der Waals surface area contributed by atoms with Crippen LogP contribution in [0.25, 0.3) is 33.7 Å². The first-order valence-electron chi connectivity index (χ1n) is 11.6. The topological polar surface area (TPSA) is 127 Å². The number of nitrogens with zero attached hydrogens (tertiary/aromatic N) is 5. The number of carbonyl (C=O) groups is 1. The molecule has 2 aromatic carbocycles. The number of fused-ring (bicyclic) bond motifs is 1. The molecule has 0 saturated heterocycles. The summed E-state index contributed by atoms with van der Waals surface area (Å²) in [6.07, 6.45) is 3.12. The van der Waals surface area contributed by atoms with E-state index in [0.717, 1.165) is 28.5 Å². The van der Waals surface area contributed by atoms with E-state index in [4.69, 9.17) is 14.4 Å². The minimum Gasteiger partial charge on any atom is -0.490 e. The number of aliphatic carboxylic acids is 1. The van der Waals surface area contributed by atoms with Gasteiger partial charge in [0.05, 0.1) is 29.4 Å². The quantitative estimate of drug-likeness (QED) is 0.336. The molecule has 0 spiro atoms. The number of nitriles is 1. The van der Waals surface area contributed by atoms with Gasteiger partial charge >= 0.3 is 5.97 Å². The molecule has 1 atom stereocenters. The van der Waals surface area contributed by atoms with Gasteiger partial charge in [-0.15, -0.1) is 0 Å². The molecule has 0 saturated carbocycles. The van der Waals surface area contributed by atoms with Gasteiger partial charge in [-0.3, -0.25) is 9.48 Å². The van der Waals surface area contributed by atoms with E-state index in [1.807, 2.05) is 44.5 Å². The van der Waals surface area contributed by atoms with Gasteiger partial charge in [-0.2, -0.15) is 15.3 Å². The van der Waals surface area contributed by atoms with Crippen molar-refractivity contribution in [2.45, 2.75) is 59.1 Å². The lowest BCUT2D eigenvalue weighted by Gasteiger charge is -2.16. The molecule has 0 bridgehead atoms. The molecule has 1 N–H and O–H groups in total. The van der Waals surface area contributed by atoms with E-state index in [-0.39, 0.29) is 18.6 Å². The van der Waals surface area contributed by atoms with Crippen LogP contribution in [0, 0.1) is 18.3 Å². The number of aromatic nitrogens is 4. The van der Waals surface area contributed by atoms with Gasteiger partial charge in [0.25, 0.3) is 5.89 Å². The second kappa shape index (κ2) is 9.97. The molecule has 0 amide bonds. The zero-order valence-electron chi connectivity index (χ0n) is 20.1. The van der Waals surface area contributed by atoms with E-state index in [1.165, 1.54) is 0 Å². The Morgan fingerprint density at radius 2 is 2.09 bits per heavy atom. The summed E-state index contributed by atoms with van der Waals surface area (Å²) in [7, 11) is 0. The van der Waals surface area contributed by atoms with E-state index in [0.29, 0.717) is 35.0 Å². The summed E-state index contributed by atoms with van der Waals surface area (Å²) in [6.45, 7) is 7.80. The van der Waals surface area contributed by atoms with Crippen LogP contribution >= 0.6 is 0 Å². The smallest absolute Gasteiger partial charge is 0.303 e. The Bertz CT molecular complexity index is 1410. The normalized spacial score (nSPS) is 12.1. The summed E-state index contributed by atoms with van der Waals surface area (Å²) < 4.78 is 13.1. The summed E-state index contributed by atoms with van der Waals surface area (Å²) in [6, 6.07) is 11.3. The van der Waals surface area contributed by atoms with Crippen LogP contribution in [0.2, 0.25) is 0 Å². The zero-order valence-corrected chi connectivity index (χ0v) is 20.1. The number of rotatable bonds is 9. The Hall–Kier alpha value is -4.19. The highest BCUT2D eigenvalue weighted by Crippen LogP contribution is 2.32. The summed E-state index contributed by atoms with van der Waals surface area (Å²) >= 11 is 0. The molecule has 9 nitrogen and oxygen atoms in total. The third-order valence-electron chi connectivity index (χ3n) is 5.83. The van der Waals surface area contributed by atoms with Gasteiger partial charge in [-0.05, 0) is 69.5 Å². The molecule has 35 heavy (non-hydrogen) atoms. The zero-order chi connectivity index (χ0) is 25.1. The van der Waals surface area contributed by atoms with Crippen molar-refractivity contribution in [2.75, 3.05) is 0 Å². The maximum Gasteiger partial charge on any atom is 0.303 e. The molecular formula is C26H27N5O4. The van der Waals surface area contributed by atoms with E-state index in [2.05, 4.69) is 21.3 Å². The molecule has 4 rings (SSSR count). The molecule has 2 aromatic heterocycles. The summed E-state index contributed by atoms with van der Waals surface area (Å²) in [5, 5.41) is 28.2. The highest BCUT2D eigenvalue weighted by atomic mass is 16.5. The minimum atomic E-state index is -0.810. The standard InChI is InChI=1S/C26H27N5O4/c1-5-20(7-9-24(32)33)31-22-10-16(4)21(12-19(22)14-28-31)25-29-26(35-30-25)17-6-8-23(34-15(2)3)18(11-17)13-27/h6,8,10-12,14-15,20H,5,7,9H2,1-4H3,(H,32,33). The largest absolute Gasteiger partial charge is 0.490 e. The number of aryl methyl sites for hydroxylation is 1. The molecule has 1 unspecified atom stereocenters. The van der Waals surface area contributed by atoms with Gasteiger partial charge in [0.2, 0.25) is 5.82 Å². The monoisotopic (exact) mass is 473 g/mol. The fraction of sp³-hybridized carbons (Fsp3) is 0.346. The van der Waals surface area contributed by atoms with E-state index < -0.39 is 5.97 Å². The Morgan fingerprint density at radius 1 is 1.29 bits per heavy atom. The molecule has 180 valence electrons. The van der Waals surface area contributed by atoms with Crippen molar-refractivity contribution in [3.63, 3.8) is 0 Å². The molecule has 0 aliphatic rings. The van der Waals surface area contributed by atoms with Crippen molar-refractivity contribution in [3.8, 4) is 34.7 Å². The van der Waals surface area contributed by atoms with Crippen LogP contribution in [0.3, 0.4) is 0 Å². The van der Waals surface area contributed by atoms with Crippen LogP contribution in [0.1, 0.15) is 57.2 Å². The van der Waals surface area contributed by atoms with E-state index in [1.54, 1.807) is 24.4 Å². The number of carboxylic acids is 1. The van der Waals surface area contributed by atoms with Gasteiger partial charge in [0.15, 0.2) is 0 Å². The second-order valence-electron chi connectivity index (χ2n) is 8.72. The highest BCUT2D eigenvalue weighted by Gasteiger charge is 2.19. The van der Waals surface area contributed by atoms with E-state index in [9.17, 15) is 10.1 Å². The second-order valence-corrected chi connectivity index (χ2v) is 8.72. The van der Waals surface area contributed by atoms with Crippen LogP contribution in [0.15, 0.2) is 41.1 Å². The Morgan fingerprint density at radius 3 is 2.77 bits per heavy atom. The number of hydrogen-bond donors (Lipinski definition) is 1. The van der Waals surface area contributed by atoms with Gasteiger partial charge in [0, 0.05) is 22.9 Å². The third-order valence-corrected chi connectivity index (χ3v) is 5.83. The molecule has 9 heteroatoms. The maximum absolute atomic E-state index is 11.0. The van der Waals surface area contributed by atoms with Crippen LogP contribution < -0.4 is 4.74 Å². The van der Waals surface area contributed by atoms with Crippen molar-refractivity contribution in [1.29, 1.82) is 5.26 Å². The van der Waals surface area contributed by atoms with Crippen LogP contribution in [-0.2, 0) is 4.79 Å². The molecule has 4 aromatic rings. The van der Waals surface area contributed by atoms with Gasteiger partial charge in [-0.1, -0.05) is 12.1 Å². The van der Waals surface area contributed by atoms with Crippen molar-refractivity contribution >= 4 is 16.9 Å². The molecular weight excluding hydrogens is 446 g/mol. The molecule has 0 fully saturated rings. The first-order chi connectivity index (χ1) is 16.8. The summed E-state index contributed by atoms with van der Waals surface area (Å²) in [5.74, 6) is 0.446. The Balaban J connectivity index is 1.65.